The van der Waals surface area contributed by atoms with Gasteiger partial charge in [-0.3, -0.25) is 4.90 Å². The molecule has 0 saturated carbocycles. The monoisotopic (exact) mass is 206 g/mol. The van der Waals surface area contributed by atoms with Crippen LogP contribution in [0.4, 0.5) is 0 Å². The first-order chi connectivity index (χ1) is 7.27. The molecule has 0 aliphatic rings. The molecule has 0 amide bonds. The standard InChI is InChI=1S/C11H18N4/c1-3-6-14(7-4-12)9-10-15-8-5-13-11(15)2/h5,8H,3,6-7,9-10H2,1-2H3. The van der Waals surface area contributed by atoms with Gasteiger partial charge in [-0.15, -0.1) is 0 Å². The summed E-state index contributed by atoms with van der Waals surface area (Å²) in [7, 11) is 0. The number of nitrogens with zero attached hydrogens (tertiary/aromatic N) is 4. The third kappa shape index (κ3) is 3.72. The van der Waals surface area contributed by atoms with Crippen LogP contribution in [-0.4, -0.2) is 34.1 Å². The molecule has 0 unspecified atom stereocenters. The van der Waals surface area contributed by atoms with Gasteiger partial charge in [-0.1, -0.05) is 6.92 Å². The summed E-state index contributed by atoms with van der Waals surface area (Å²) in [6, 6.07) is 2.20. The Bertz CT molecular complexity index is 324. The van der Waals surface area contributed by atoms with Crippen LogP contribution in [0.3, 0.4) is 0 Å². The van der Waals surface area contributed by atoms with Crippen molar-refractivity contribution in [3.8, 4) is 6.07 Å². The summed E-state index contributed by atoms with van der Waals surface area (Å²) in [6.45, 7) is 7.45. The van der Waals surface area contributed by atoms with Crippen molar-refractivity contribution in [3.63, 3.8) is 0 Å². The van der Waals surface area contributed by atoms with E-state index in [1.807, 2.05) is 19.3 Å². The molecule has 0 bridgehead atoms. The topological polar surface area (TPSA) is 44.9 Å². The van der Waals surface area contributed by atoms with E-state index < -0.39 is 0 Å². The van der Waals surface area contributed by atoms with Crippen LogP contribution in [-0.2, 0) is 6.54 Å². The van der Waals surface area contributed by atoms with E-state index in [4.69, 9.17) is 5.26 Å². The molecule has 0 aliphatic heterocycles. The van der Waals surface area contributed by atoms with Gasteiger partial charge in [0.15, 0.2) is 0 Å². The number of imidazole rings is 1. The lowest BCUT2D eigenvalue weighted by molar-refractivity contribution is 0.292. The summed E-state index contributed by atoms with van der Waals surface area (Å²) in [5.41, 5.74) is 0. The van der Waals surface area contributed by atoms with Crippen molar-refractivity contribution in [2.24, 2.45) is 0 Å². The first kappa shape index (κ1) is 11.7. The first-order valence-corrected chi connectivity index (χ1v) is 5.35. The molecule has 0 atom stereocenters. The van der Waals surface area contributed by atoms with Gasteiger partial charge in [0.2, 0.25) is 0 Å². The molecule has 0 aromatic carbocycles. The van der Waals surface area contributed by atoms with Crippen molar-refractivity contribution in [2.45, 2.75) is 26.8 Å². The molecule has 0 N–H and O–H groups in total. The molecule has 1 heterocycles. The minimum Gasteiger partial charge on any atom is -0.334 e. The zero-order valence-electron chi connectivity index (χ0n) is 9.48. The fourth-order valence-corrected chi connectivity index (χ4v) is 1.58. The predicted molar refractivity (Wildman–Crippen MR) is 59.3 cm³/mol. The summed E-state index contributed by atoms with van der Waals surface area (Å²) in [4.78, 5) is 6.33. The van der Waals surface area contributed by atoms with Gasteiger partial charge in [-0.05, 0) is 19.9 Å². The maximum atomic E-state index is 8.66. The highest BCUT2D eigenvalue weighted by molar-refractivity contribution is 4.88. The van der Waals surface area contributed by atoms with Gasteiger partial charge < -0.3 is 4.57 Å². The molecule has 1 rings (SSSR count). The Morgan fingerprint density at radius 2 is 2.33 bits per heavy atom. The smallest absolute Gasteiger partial charge is 0.105 e. The largest absolute Gasteiger partial charge is 0.334 e. The lowest BCUT2D eigenvalue weighted by atomic mass is 10.4. The van der Waals surface area contributed by atoms with Crippen LogP contribution in [0.2, 0.25) is 0 Å². The molecular formula is C11H18N4. The van der Waals surface area contributed by atoms with Gasteiger partial charge in [0, 0.05) is 25.5 Å². The Kier molecular flexibility index (Phi) is 4.85. The van der Waals surface area contributed by atoms with Crippen molar-refractivity contribution in [1.29, 1.82) is 5.26 Å². The Labute approximate surface area is 91.1 Å². The summed E-state index contributed by atoms with van der Waals surface area (Å²) in [5.74, 6) is 1.03. The Balaban J connectivity index is 2.40. The highest BCUT2D eigenvalue weighted by Crippen LogP contribution is 1.97. The van der Waals surface area contributed by atoms with Crippen LogP contribution in [0.5, 0.6) is 0 Å². The average molecular weight is 206 g/mol. The lowest BCUT2D eigenvalue weighted by Gasteiger charge is -2.18. The summed E-state index contributed by atoms with van der Waals surface area (Å²) in [5, 5.41) is 8.66. The van der Waals surface area contributed by atoms with Crippen LogP contribution in [0.15, 0.2) is 12.4 Å². The molecule has 4 nitrogen and oxygen atoms in total. The fraction of sp³-hybridized carbons (Fsp3) is 0.636. The first-order valence-electron chi connectivity index (χ1n) is 5.35. The van der Waals surface area contributed by atoms with E-state index in [1.165, 1.54) is 0 Å². The summed E-state index contributed by atoms with van der Waals surface area (Å²) in [6.07, 6.45) is 4.88. The van der Waals surface area contributed by atoms with Gasteiger partial charge >= 0.3 is 0 Å². The van der Waals surface area contributed by atoms with Gasteiger partial charge in [0.05, 0.1) is 12.6 Å². The highest BCUT2D eigenvalue weighted by Gasteiger charge is 2.03. The molecule has 82 valence electrons. The number of hydrogen-bond acceptors (Lipinski definition) is 3. The molecule has 15 heavy (non-hydrogen) atoms. The van der Waals surface area contributed by atoms with E-state index in [0.29, 0.717) is 6.54 Å². The van der Waals surface area contributed by atoms with Crippen LogP contribution in [0.1, 0.15) is 19.2 Å². The molecule has 1 aromatic rings. The quantitative estimate of drug-likeness (QED) is 0.661. The Morgan fingerprint density at radius 3 is 2.87 bits per heavy atom. The number of aromatic nitrogens is 2. The molecular weight excluding hydrogens is 188 g/mol. The SMILES string of the molecule is CCCN(CC#N)CCn1ccnc1C. The Morgan fingerprint density at radius 1 is 1.53 bits per heavy atom. The molecule has 0 radical (unpaired) electrons. The van der Waals surface area contributed by atoms with Crippen molar-refractivity contribution >= 4 is 0 Å². The second-order valence-electron chi connectivity index (χ2n) is 3.60. The molecule has 0 aliphatic carbocycles. The summed E-state index contributed by atoms with van der Waals surface area (Å²) >= 11 is 0. The summed E-state index contributed by atoms with van der Waals surface area (Å²) < 4.78 is 2.11. The third-order valence-electron chi connectivity index (χ3n) is 2.41. The fourth-order valence-electron chi connectivity index (χ4n) is 1.58. The lowest BCUT2D eigenvalue weighted by Crippen LogP contribution is -2.28. The van der Waals surface area contributed by atoms with E-state index in [-0.39, 0.29) is 0 Å². The Hall–Kier alpha value is -1.34. The van der Waals surface area contributed by atoms with E-state index in [1.54, 1.807) is 0 Å². The van der Waals surface area contributed by atoms with E-state index in [2.05, 4.69) is 27.4 Å². The van der Waals surface area contributed by atoms with E-state index >= 15 is 0 Å². The minimum absolute atomic E-state index is 0.515. The number of hydrogen-bond donors (Lipinski definition) is 0. The second-order valence-corrected chi connectivity index (χ2v) is 3.60. The van der Waals surface area contributed by atoms with E-state index in [0.717, 1.165) is 31.9 Å². The van der Waals surface area contributed by atoms with Crippen LogP contribution >= 0.6 is 0 Å². The van der Waals surface area contributed by atoms with E-state index in [9.17, 15) is 0 Å². The van der Waals surface area contributed by atoms with Crippen molar-refractivity contribution < 1.29 is 0 Å². The van der Waals surface area contributed by atoms with Gasteiger partial charge in [0.25, 0.3) is 0 Å². The molecule has 0 spiro atoms. The molecule has 0 saturated heterocycles. The van der Waals surface area contributed by atoms with Crippen molar-refractivity contribution in [3.05, 3.63) is 18.2 Å². The van der Waals surface area contributed by atoms with Crippen molar-refractivity contribution in [1.82, 2.24) is 14.5 Å². The molecule has 0 fully saturated rings. The van der Waals surface area contributed by atoms with Crippen molar-refractivity contribution in [2.75, 3.05) is 19.6 Å². The highest BCUT2D eigenvalue weighted by atomic mass is 15.2. The number of aryl methyl sites for hydroxylation is 1. The second kappa shape index (κ2) is 6.20. The van der Waals surface area contributed by atoms with Gasteiger partial charge in [0.1, 0.15) is 5.82 Å². The zero-order chi connectivity index (χ0) is 11.1. The molecule has 4 heteroatoms. The average Bonchev–Trinajstić information content (AvgIpc) is 2.61. The maximum Gasteiger partial charge on any atom is 0.105 e. The van der Waals surface area contributed by atoms with Gasteiger partial charge in [-0.25, -0.2) is 4.98 Å². The maximum absolute atomic E-state index is 8.66. The zero-order valence-corrected chi connectivity index (χ0v) is 9.48. The van der Waals surface area contributed by atoms with Crippen LogP contribution in [0, 0.1) is 18.3 Å². The number of rotatable bonds is 6. The molecule has 1 aromatic heterocycles. The van der Waals surface area contributed by atoms with Gasteiger partial charge in [-0.2, -0.15) is 5.26 Å². The predicted octanol–water partition coefficient (Wildman–Crippen LogP) is 1.43. The number of nitriles is 1. The minimum atomic E-state index is 0.515. The normalized spacial score (nSPS) is 10.5. The van der Waals surface area contributed by atoms with Crippen LogP contribution in [0.25, 0.3) is 0 Å². The van der Waals surface area contributed by atoms with Crippen LogP contribution < -0.4 is 0 Å². The third-order valence-corrected chi connectivity index (χ3v) is 2.41.